The molecular formula is C60H42N4. The number of nitrogens with zero attached hydrogens (tertiary/aromatic N) is 4. The van der Waals surface area contributed by atoms with Gasteiger partial charge in [0.25, 0.3) is 0 Å². The van der Waals surface area contributed by atoms with Crippen LogP contribution in [0.5, 0.6) is 0 Å². The van der Waals surface area contributed by atoms with Crippen molar-refractivity contribution in [1.29, 1.82) is 0 Å². The Labute approximate surface area is 373 Å². The lowest BCUT2D eigenvalue weighted by Gasteiger charge is -2.33. The van der Waals surface area contributed by atoms with Gasteiger partial charge in [-0.25, -0.2) is 15.0 Å². The Morgan fingerprint density at radius 1 is 0.406 bits per heavy atom. The third kappa shape index (κ3) is 4.47. The number of aromatic nitrogens is 4. The van der Waals surface area contributed by atoms with Crippen LogP contribution < -0.4 is 0 Å². The zero-order valence-electron chi connectivity index (χ0n) is 35.7. The number of rotatable bonds is 3. The summed E-state index contributed by atoms with van der Waals surface area (Å²) in [6.07, 6.45) is 13.5. The van der Waals surface area contributed by atoms with E-state index in [1.165, 1.54) is 89.1 Å². The molecule has 2 heterocycles. The quantitative estimate of drug-likeness (QED) is 0.178. The first-order valence-corrected chi connectivity index (χ1v) is 22.8. The highest BCUT2D eigenvalue weighted by molar-refractivity contribution is 5.99. The maximum Gasteiger partial charge on any atom is 0.182 e. The molecule has 8 aromatic rings. The molecule has 0 fully saturated rings. The van der Waals surface area contributed by atoms with Gasteiger partial charge >= 0.3 is 0 Å². The van der Waals surface area contributed by atoms with E-state index in [2.05, 4.69) is 172 Å². The summed E-state index contributed by atoms with van der Waals surface area (Å²) in [5, 5.41) is 0. The van der Waals surface area contributed by atoms with Crippen molar-refractivity contribution in [3.63, 3.8) is 0 Å². The molecule has 0 saturated heterocycles. The molecule has 0 aliphatic heterocycles. The van der Waals surface area contributed by atoms with Gasteiger partial charge in [-0.3, -0.25) is 4.98 Å². The normalized spacial score (nSPS) is 22.3. The van der Waals surface area contributed by atoms with Gasteiger partial charge in [-0.15, -0.1) is 0 Å². The third-order valence-electron chi connectivity index (χ3n) is 15.3. The van der Waals surface area contributed by atoms with Gasteiger partial charge in [0.1, 0.15) is 5.69 Å². The van der Waals surface area contributed by atoms with Crippen molar-refractivity contribution < 1.29 is 0 Å². The Hall–Kier alpha value is -7.56. The van der Waals surface area contributed by atoms with E-state index in [9.17, 15) is 0 Å². The first kappa shape index (κ1) is 36.0. The molecule has 4 unspecified atom stereocenters. The molecule has 6 aliphatic carbocycles. The Kier molecular flexibility index (Phi) is 7.31. The van der Waals surface area contributed by atoms with Crippen LogP contribution in [-0.2, 0) is 10.8 Å². The van der Waals surface area contributed by atoms with E-state index in [-0.39, 0.29) is 0 Å². The van der Waals surface area contributed by atoms with Crippen molar-refractivity contribution in [3.05, 3.63) is 238 Å². The van der Waals surface area contributed by atoms with Crippen LogP contribution in [0.3, 0.4) is 0 Å². The number of hydrogen-bond acceptors (Lipinski definition) is 4. The predicted molar refractivity (Wildman–Crippen MR) is 257 cm³/mol. The summed E-state index contributed by atoms with van der Waals surface area (Å²) < 4.78 is 0. The molecule has 4 heteroatoms. The van der Waals surface area contributed by atoms with Gasteiger partial charge < -0.3 is 0 Å². The number of pyridine rings is 1. The number of allylic oxidation sites excluding steroid dienone is 8. The Balaban J connectivity index is 0.998. The van der Waals surface area contributed by atoms with E-state index in [1.807, 2.05) is 24.4 Å². The second-order valence-electron chi connectivity index (χ2n) is 18.5. The van der Waals surface area contributed by atoms with Crippen molar-refractivity contribution in [2.45, 2.75) is 37.5 Å². The fourth-order valence-electron chi connectivity index (χ4n) is 12.8. The average Bonchev–Trinajstić information content (AvgIpc) is 4.03. The molecular weight excluding hydrogens is 777 g/mol. The van der Waals surface area contributed by atoms with Crippen molar-refractivity contribution in [2.24, 2.45) is 11.8 Å². The van der Waals surface area contributed by atoms with E-state index in [4.69, 9.17) is 19.9 Å². The minimum atomic E-state index is -0.446. The molecule has 4 atom stereocenters. The van der Waals surface area contributed by atoms with Crippen LogP contribution in [0, 0.1) is 11.8 Å². The van der Waals surface area contributed by atoms with Crippen molar-refractivity contribution in [2.75, 3.05) is 0 Å². The molecule has 0 bridgehead atoms. The van der Waals surface area contributed by atoms with Gasteiger partial charge in [0.2, 0.25) is 0 Å². The highest BCUT2D eigenvalue weighted by Crippen LogP contribution is 2.66. The molecule has 2 aromatic heterocycles. The topological polar surface area (TPSA) is 51.6 Å². The highest BCUT2D eigenvalue weighted by atomic mass is 15.0. The van der Waals surface area contributed by atoms with Crippen LogP contribution in [0.1, 0.15) is 71.2 Å². The molecule has 0 N–H and O–H groups in total. The average molecular weight is 819 g/mol. The number of fused-ring (bicyclic) bond motifs is 18. The molecule has 302 valence electrons. The summed E-state index contributed by atoms with van der Waals surface area (Å²) in [4.78, 5) is 20.8. The molecule has 0 amide bonds. The molecule has 0 saturated carbocycles. The molecule has 2 spiro atoms. The molecule has 6 aliphatic rings. The van der Waals surface area contributed by atoms with Gasteiger partial charge in [-0.05, 0) is 138 Å². The highest BCUT2D eigenvalue weighted by Gasteiger charge is 2.55. The zero-order valence-corrected chi connectivity index (χ0v) is 35.7. The van der Waals surface area contributed by atoms with Crippen LogP contribution in [0.15, 0.2) is 193 Å². The van der Waals surface area contributed by atoms with E-state index in [1.54, 1.807) is 0 Å². The second kappa shape index (κ2) is 13.0. The number of hydrogen-bond donors (Lipinski definition) is 0. The van der Waals surface area contributed by atoms with Gasteiger partial charge in [0.05, 0.1) is 10.8 Å². The van der Waals surface area contributed by atoms with Crippen LogP contribution in [-0.4, -0.2) is 19.9 Å². The largest absolute Gasteiger partial charge is 0.253 e. The minimum Gasteiger partial charge on any atom is -0.253 e. The fourth-order valence-corrected chi connectivity index (χ4v) is 12.8. The van der Waals surface area contributed by atoms with E-state index in [0.29, 0.717) is 35.0 Å². The molecule has 14 rings (SSSR count). The zero-order chi connectivity index (χ0) is 42.3. The van der Waals surface area contributed by atoms with E-state index < -0.39 is 10.8 Å². The first-order valence-electron chi connectivity index (χ1n) is 22.8. The smallest absolute Gasteiger partial charge is 0.182 e. The monoisotopic (exact) mass is 818 g/mol. The Morgan fingerprint density at radius 3 is 1.28 bits per heavy atom. The van der Waals surface area contributed by atoms with Crippen LogP contribution in [0.2, 0.25) is 0 Å². The summed E-state index contributed by atoms with van der Waals surface area (Å²) in [6.45, 7) is 4.76. The lowest BCUT2D eigenvalue weighted by atomic mass is 9.68. The predicted octanol–water partition coefficient (Wildman–Crippen LogP) is 13.6. The maximum atomic E-state index is 5.45. The summed E-state index contributed by atoms with van der Waals surface area (Å²) in [5.41, 5.74) is 23.2. The maximum absolute atomic E-state index is 5.45. The summed E-state index contributed by atoms with van der Waals surface area (Å²) in [5.74, 6) is 2.66. The summed E-state index contributed by atoms with van der Waals surface area (Å²) >= 11 is 0. The standard InChI is InChI=1S/C60H42N4/c1-35-15-13-25-49-54(35)43-19-5-9-23-47(43)59(49)45-21-7-3-17-39(45)41-30-28-37(33-51(41)59)56-62-57(64-58(63-56)53-27-11-12-32-61-53)38-29-31-42-40-18-4-8-22-46(40)60(52(42)34-38)48-24-10-6-20-44(48)55-36(2)16-14-26-50(55)60/h3-14,17-36H,15-16H2,1-2H3. The van der Waals surface area contributed by atoms with Gasteiger partial charge in [0, 0.05) is 17.3 Å². The second-order valence-corrected chi connectivity index (χ2v) is 18.5. The number of benzene rings is 6. The summed E-state index contributed by atoms with van der Waals surface area (Å²) in [7, 11) is 0. The van der Waals surface area contributed by atoms with Crippen LogP contribution in [0.25, 0.3) is 67.7 Å². The SMILES string of the molecule is CC1CC=CC2=C1c1ccccc1C21c2ccccc2-c2ccc(-c3nc(-c4ccc5c(c4)C4(C6=C(c7ccccc74)C(C)CC=C6)c4ccccc4-5)nc(-c4ccccn4)n3)cc21. The van der Waals surface area contributed by atoms with Crippen LogP contribution in [0.4, 0.5) is 0 Å². The third-order valence-corrected chi connectivity index (χ3v) is 15.3. The van der Waals surface area contributed by atoms with E-state index in [0.717, 1.165) is 24.0 Å². The first-order chi connectivity index (χ1) is 31.6. The fraction of sp³-hybridized carbons (Fsp3) is 0.133. The summed E-state index contributed by atoms with van der Waals surface area (Å²) in [6, 6.07) is 56.0. The van der Waals surface area contributed by atoms with Gasteiger partial charge in [-0.2, -0.15) is 0 Å². The Bertz CT molecular complexity index is 3290. The van der Waals surface area contributed by atoms with Gasteiger partial charge in [-0.1, -0.05) is 166 Å². The lowest BCUT2D eigenvalue weighted by Crippen LogP contribution is -2.27. The molecule has 64 heavy (non-hydrogen) atoms. The van der Waals surface area contributed by atoms with Crippen LogP contribution >= 0.6 is 0 Å². The van der Waals surface area contributed by atoms with Gasteiger partial charge in [0.15, 0.2) is 17.5 Å². The van der Waals surface area contributed by atoms with Crippen molar-refractivity contribution >= 4 is 11.1 Å². The molecule has 4 nitrogen and oxygen atoms in total. The Morgan fingerprint density at radius 2 is 0.812 bits per heavy atom. The molecule has 6 aromatic carbocycles. The minimum absolute atomic E-state index is 0.421. The lowest BCUT2D eigenvalue weighted by molar-refractivity contribution is 0.731. The van der Waals surface area contributed by atoms with E-state index >= 15 is 0 Å². The van der Waals surface area contributed by atoms with Crippen molar-refractivity contribution in [1.82, 2.24) is 19.9 Å². The van der Waals surface area contributed by atoms with Crippen molar-refractivity contribution in [3.8, 4) is 56.5 Å². The molecule has 0 radical (unpaired) electrons.